The van der Waals surface area contributed by atoms with Crippen molar-refractivity contribution in [3.05, 3.63) is 29.8 Å². The molecule has 1 heterocycles. The molecule has 0 aromatic heterocycles. The Hall–Kier alpha value is -1.54. The number of carbonyl (C=O) groups excluding carboxylic acids is 1. The molecule has 0 radical (unpaired) electrons. The summed E-state index contributed by atoms with van der Waals surface area (Å²) in [7, 11) is -4.02. The molecule has 0 saturated carbocycles. The standard InChI is InChI=1S/C12H14F2N2O3S/c13-9-1-2-11(10(14)7-9)20(18,19)16-5-3-8(4-6-16)12(15)17/h1-2,7-8H,3-6H2,(H2,15,17). The number of primary amides is 1. The zero-order valence-electron chi connectivity index (χ0n) is 10.6. The van der Waals surface area contributed by atoms with E-state index in [-0.39, 0.29) is 19.0 Å². The zero-order valence-corrected chi connectivity index (χ0v) is 11.4. The van der Waals surface area contributed by atoms with Gasteiger partial charge in [-0.3, -0.25) is 4.79 Å². The molecule has 110 valence electrons. The summed E-state index contributed by atoms with van der Waals surface area (Å²) in [5.41, 5.74) is 5.16. The van der Waals surface area contributed by atoms with Crippen LogP contribution in [0.2, 0.25) is 0 Å². The maximum atomic E-state index is 13.6. The van der Waals surface area contributed by atoms with Gasteiger partial charge in [-0.05, 0) is 25.0 Å². The first-order valence-corrected chi connectivity index (χ1v) is 7.51. The summed E-state index contributed by atoms with van der Waals surface area (Å²) < 4.78 is 52.0. The highest BCUT2D eigenvalue weighted by Crippen LogP contribution is 2.25. The minimum atomic E-state index is -4.02. The average Bonchev–Trinajstić information content (AvgIpc) is 2.38. The molecule has 0 bridgehead atoms. The highest BCUT2D eigenvalue weighted by atomic mass is 32.2. The van der Waals surface area contributed by atoms with E-state index < -0.39 is 32.5 Å². The van der Waals surface area contributed by atoms with E-state index in [1.165, 1.54) is 0 Å². The summed E-state index contributed by atoms with van der Waals surface area (Å²) in [4.78, 5) is 10.5. The molecule has 8 heteroatoms. The molecular weight excluding hydrogens is 290 g/mol. The van der Waals surface area contributed by atoms with Gasteiger partial charge >= 0.3 is 0 Å². The van der Waals surface area contributed by atoms with Crippen LogP contribution in [-0.4, -0.2) is 31.7 Å². The third-order valence-corrected chi connectivity index (χ3v) is 5.30. The molecule has 2 N–H and O–H groups in total. The summed E-state index contributed by atoms with van der Waals surface area (Å²) >= 11 is 0. The molecule has 1 aliphatic rings. The second-order valence-corrected chi connectivity index (χ2v) is 6.56. The van der Waals surface area contributed by atoms with Crippen LogP contribution in [-0.2, 0) is 14.8 Å². The molecule has 5 nitrogen and oxygen atoms in total. The van der Waals surface area contributed by atoms with Crippen LogP contribution in [0.5, 0.6) is 0 Å². The van der Waals surface area contributed by atoms with Crippen LogP contribution in [0.25, 0.3) is 0 Å². The van der Waals surface area contributed by atoms with Gasteiger partial charge in [0.1, 0.15) is 16.5 Å². The fraction of sp³-hybridized carbons (Fsp3) is 0.417. The number of hydrogen-bond acceptors (Lipinski definition) is 3. The number of amides is 1. The molecule has 0 aliphatic carbocycles. The number of sulfonamides is 1. The molecule has 0 unspecified atom stereocenters. The lowest BCUT2D eigenvalue weighted by Crippen LogP contribution is -2.41. The number of rotatable bonds is 3. The van der Waals surface area contributed by atoms with Crippen LogP contribution in [0.15, 0.2) is 23.1 Å². The van der Waals surface area contributed by atoms with Gasteiger partial charge in [0.15, 0.2) is 0 Å². The van der Waals surface area contributed by atoms with Crippen LogP contribution in [0, 0.1) is 17.6 Å². The lowest BCUT2D eigenvalue weighted by Gasteiger charge is -2.29. The normalized spacial score (nSPS) is 18.1. The van der Waals surface area contributed by atoms with E-state index in [2.05, 4.69) is 0 Å². The van der Waals surface area contributed by atoms with Crippen molar-refractivity contribution in [3.63, 3.8) is 0 Å². The minimum absolute atomic E-state index is 0.0900. The molecular formula is C12H14F2N2O3S. The van der Waals surface area contributed by atoms with Gasteiger partial charge < -0.3 is 5.73 Å². The van der Waals surface area contributed by atoms with E-state index in [9.17, 15) is 22.0 Å². The Bertz CT molecular complexity index is 626. The minimum Gasteiger partial charge on any atom is -0.369 e. The predicted octanol–water partition coefficient (Wildman–Crippen LogP) is 0.851. The fourth-order valence-electron chi connectivity index (χ4n) is 2.20. The predicted molar refractivity (Wildman–Crippen MR) is 67.0 cm³/mol. The van der Waals surface area contributed by atoms with Crippen LogP contribution in [0.1, 0.15) is 12.8 Å². The van der Waals surface area contributed by atoms with Crippen LogP contribution in [0.3, 0.4) is 0 Å². The summed E-state index contributed by atoms with van der Waals surface area (Å²) in [5.74, 6) is -2.79. The molecule has 1 aliphatic heterocycles. The molecule has 1 aromatic carbocycles. The van der Waals surface area contributed by atoms with Crippen LogP contribution >= 0.6 is 0 Å². The number of halogens is 2. The van der Waals surface area contributed by atoms with Crippen molar-refractivity contribution in [2.24, 2.45) is 11.7 Å². The third kappa shape index (κ3) is 2.80. The second kappa shape index (κ2) is 5.45. The smallest absolute Gasteiger partial charge is 0.245 e. The van der Waals surface area contributed by atoms with Gasteiger partial charge in [0.25, 0.3) is 0 Å². The molecule has 1 aromatic rings. The number of nitrogens with two attached hydrogens (primary N) is 1. The van der Waals surface area contributed by atoms with Crippen molar-refractivity contribution >= 4 is 15.9 Å². The largest absolute Gasteiger partial charge is 0.369 e. The van der Waals surface area contributed by atoms with Crippen molar-refractivity contribution in [1.82, 2.24) is 4.31 Å². The number of piperidine rings is 1. The number of hydrogen-bond donors (Lipinski definition) is 1. The lowest BCUT2D eigenvalue weighted by molar-refractivity contribution is -0.122. The van der Waals surface area contributed by atoms with Crippen molar-refractivity contribution < 1.29 is 22.0 Å². The van der Waals surface area contributed by atoms with Crippen LogP contribution < -0.4 is 5.73 Å². The fourth-order valence-corrected chi connectivity index (χ4v) is 3.72. The van der Waals surface area contributed by atoms with E-state index in [0.717, 1.165) is 16.4 Å². The molecule has 1 saturated heterocycles. The van der Waals surface area contributed by atoms with Crippen LogP contribution in [0.4, 0.5) is 8.78 Å². The van der Waals surface area contributed by atoms with Gasteiger partial charge in [0.2, 0.25) is 15.9 Å². The van der Waals surface area contributed by atoms with E-state index in [1.807, 2.05) is 0 Å². The molecule has 0 atom stereocenters. The Labute approximate surface area is 115 Å². The van der Waals surface area contributed by atoms with Crippen molar-refractivity contribution in [2.75, 3.05) is 13.1 Å². The van der Waals surface area contributed by atoms with E-state index >= 15 is 0 Å². The SMILES string of the molecule is NC(=O)C1CCN(S(=O)(=O)c2ccc(F)cc2F)CC1. The first kappa shape index (κ1) is 14.9. The average molecular weight is 304 g/mol. The number of nitrogens with zero attached hydrogens (tertiary/aromatic N) is 1. The molecule has 1 amide bonds. The number of benzene rings is 1. The summed E-state index contributed by atoms with van der Waals surface area (Å²) in [6.45, 7) is 0.180. The highest BCUT2D eigenvalue weighted by molar-refractivity contribution is 7.89. The Balaban J connectivity index is 2.22. The Morgan fingerprint density at radius 3 is 2.35 bits per heavy atom. The second-order valence-electron chi connectivity index (χ2n) is 4.66. The van der Waals surface area contributed by atoms with Gasteiger partial charge in [-0.15, -0.1) is 0 Å². The molecule has 2 rings (SSSR count). The quantitative estimate of drug-likeness (QED) is 0.899. The Morgan fingerprint density at radius 2 is 1.85 bits per heavy atom. The maximum Gasteiger partial charge on any atom is 0.245 e. The highest BCUT2D eigenvalue weighted by Gasteiger charge is 2.32. The van der Waals surface area contributed by atoms with Crippen molar-refractivity contribution in [1.29, 1.82) is 0 Å². The van der Waals surface area contributed by atoms with E-state index in [0.29, 0.717) is 18.9 Å². The third-order valence-electron chi connectivity index (χ3n) is 3.37. The van der Waals surface area contributed by atoms with Crippen molar-refractivity contribution in [3.8, 4) is 0 Å². The molecule has 20 heavy (non-hydrogen) atoms. The van der Waals surface area contributed by atoms with Gasteiger partial charge in [0, 0.05) is 25.1 Å². The maximum absolute atomic E-state index is 13.6. The number of carbonyl (C=O) groups is 1. The summed E-state index contributed by atoms with van der Waals surface area (Å²) in [6.07, 6.45) is 0.606. The monoisotopic (exact) mass is 304 g/mol. The van der Waals surface area contributed by atoms with Crippen molar-refractivity contribution in [2.45, 2.75) is 17.7 Å². The van der Waals surface area contributed by atoms with E-state index in [4.69, 9.17) is 5.73 Å². The summed E-state index contributed by atoms with van der Waals surface area (Å²) in [5, 5.41) is 0. The van der Waals surface area contributed by atoms with Gasteiger partial charge in [-0.2, -0.15) is 4.31 Å². The zero-order chi connectivity index (χ0) is 14.9. The lowest BCUT2D eigenvalue weighted by atomic mass is 9.98. The van der Waals surface area contributed by atoms with Gasteiger partial charge in [-0.1, -0.05) is 0 Å². The Morgan fingerprint density at radius 1 is 1.25 bits per heavy atom. The van der Waals surface area contributed by atoms with Gasteiger partial charge in [-0.25, -0.2) is 17.2 Å². The van der Waals surface area contributed by atoms with E-state index in [1.54, 1.807) is 0 Å². The topological polar surface area (TPSA) is 80.5 Å². The Kier molecular flexibility index (Phi) is 4.05. The van der Waals surface area contributed by atoms with Gasteiger partial charge in [0.05, 0.1) is 0 Å². The summed E-state index contributed by atoms with van der Waals surface area (Å²) in [6, 6.07) is 2.33. The molecule has 1 fully saturated rings. The molecule has 0 spiro atoms. The first-order valence-electron chi connectivity index (χ1n) is 6.07. The first-order chi connectivity index (χ1) is 9.32.